The van der Waals surface area contributed by atoms with Crippen LogP contribution in [-0.4, -0.2) is 81.8 Å². The first-order valence-corrected chi connectivity index (χ1v) is 14.1. The summed E-state index contributed by atoms with van der Waals surface area (Å²) in [6, 6.07) is 16.6. The second-order valence-electron chi connectivity index (χ2n) is 9.24. The Hall–Kier alpha value is -4.61. The number of rotatable bonds is 8. The van der Waals surface area contributed by atoms with Gasteiger partial charge in [0.2, 0.25) is 0 Å². The number of anilines is 2. The number of amides is 2. The van der Waals surface area contributed by atoms with Gasteiger partial charge < -0.3 is 19.3 Å². The molecule has 2 aliphatic rings. The van der Waals surface area contributed by atoms with Gasteiger partial charge in [0, 0.05) is 72.2 Å². The van der Waals surface area contributed by atoms with Crippen molar-refractivity contribution < 1.29 is 19.1 Å². The van der Waals surface area contributed by atoms with E-state index in [1.165, 1.54) is 12.4 Å². The summed E-state index contributed by atoms with van der Waals surface area (Å²) in [5.74, 6) is -0.618. The second kappa shape index (κ2) is 16.0. The van der Waals surface area contributed by atoms with Gasteiger partial charge in [0.25, 0.3) is 11.8 Å². The van der Waals surface area contributed by atoms with Crippen molar-refractivity contribution in [3.63, 3.8) is 0 Å². The number of pyridine rings is 1. The van der Waals surface area contributed by atoms with E-state index in [9.17, 15) is 9.59 Å². The molecule has 2 aromatic carbocycles. The van der Waals surface area contributed by atoms with E-state index in [0.717, 1.165) is 37.6 Å². The Bertz CT molecular complexity index is 1250. The Morgan fingerprint density at radius 2 is 1.07 bits per heavy atom. The molecule has 0 radical (unpaired) electrons. The van der Waals surface area contributed by atoms with Gasteiger partial charge in [-0.25, -0.2) is 10.9 Å². The van der Waals surface area contributed by atoms with Crippen LogP contribution in [0.25, 0.3) is 0 Å². The SMILES string of the molecule is CC.O=C(N/N=C/c1cncc(/C=N/NC(=O)c2ccc(N3CCOCC3)cc2)c1)c1ccc(N2CCOCC2)cc1. The number of hydrazone groups is 2. The fourth-order valence-electron chi connectivity index (χ4n) is 4.37. The van der Waals surface area contributed by atoms with Crippen molar-refractivity contribution in [2.24, 2.45) is 10.2 Å². The number of aromatic nitrogens is 1. The molecule has 2 N–H and O–H groups in total. The van der Waals surface area contributed by atoms with E-state index in [1.54, 1.807) is 42.7 Å². The van der Waals surface area contributed by atoms with Crippen LogP contribution in [0.2, 0.25) is 0 Å². The van der Waals surface area contributed by atoms with Crippen LogP contribution in [0.4, 0.5) is 11.4 Å². The summed E-state index contributed by atoms with van der Waals surface area (Å²) >= 11 is 0. The standard InChI is InChI=1S/C29H31N7O4.C2H6/c37-28(24-1-5-26(6-2-24)35-9-13-39-14-10-35)33-31-20-22-17-23(19-30-18-22)21-32-34-29(38)25-3-7-27(8-4-25)36-11-15-40-16-12-36;1-2/h1-8,17-21H,9-16H2,(H,33,37)(H,34,38);1-2H3/b31-20+,32-21+;. The van der Waals surface area contributed by atoms with E-state index < -0.39 is 0 Å². The lowest BCUT2D eigenvalue weighted by atomic mass is 10.2. The van der Waals surface area contributed by atoms with E-state index >= 15 is 0 Å². The summed E-state index contributed by atoms with van der Waals surface area (Å²) in [6.07, 6.45) is 6.22. The molecule has 220 valence electrons. The first kappa shape index (κ1) is 30.4. The van der Waals surface area contributed by atoms with Crippen molar-refractivity contribution >= 4 is 35.6 Å². The third-order valence-electron chi connectivity index (χ3n) is 6.55. The number of ether oxygens (including phenoxy) is 2. The third kappa shape index (κ3) is 8.69. The number of carbonyl (C=O) groups excluding carboxylic acids is 2. The Kier molecular flexibility index (Phi) is 11.6. The molecular formula is C31H37N7O4. The van der Waals surface area contributed by atoms with Crippen LogP contribution in [-0.2, 0) is 9.47 Å². The van der Waals surface area contributed by atoms with Crippen molar-refractivity contribution in [2.45, 2.75) is 13.8 Å². The first-order valence-electron chi connectivity index (χ1n) is 14.1. The number of morpholine rings is 2. The number of benzene rings is 2. The van der Waals surface area contributed by atoms with Crippen molar-refractivity contribution in [1.29, 1.82) is 0 Å². The van der Waals surface area contributed by atoms with Gasteiger partial charge in [-0.3, -0.25) is 14.6 Å². The first-order chi connectivity index (χ1) is 20.7. The molecule has 0 spiro atoms. The molecule has 0 saturated carbocycles. The number of hydrogen-bond donors (Lipinski definition) is 2. The minimum atomic E-state index is -0.309. The van der Waals surface area contributed by atoms with Crippen molar-refractivity contribution in [1.82, 2.24) is 15.8 Å². The maximum absolute atomic E-state index is 12.5. The van der Waals surface area contributed by atoms with Crippen molar-refractivity contribution in [2.75, 3.05) is 62.4 Å². The molecular weight excluding hydrogens is 534 g/mol. The topological polar surface area (TPSA) is 121 Å². The summed E-state index contributed by atoms with van der Waals surface area (Å²) < 4.78 is 10.8. The minimum Gasteiger partial charge on any atom is -0.378 e. The monoisotopic (exact) mass is 571 g/mol. The zero-order valence-corrected chi connectivity index (χ0v) is 24.0. The average Bonchev–Trinajstić information content (AvgIpc) is 3.07. The quantitative estimate of drug-likeness (QED) is 0.314. The highest BCUT2D eigenvalue weighted by Gasteiger charge is 2.13. The number of nitrogens with zero attached hydrogens (tertiary/aromatic N) is 5. The van der Waals surface area contributed by atoms with Crippen LogP contribution in [0.15, 0.2) is 77.2 Å². The highest BCUT2D eigenvalue weighted by Crippen LogP contribution is 2.18. The van der Waals surface area contributed by atoms with Gasteiger partial charge in [0.1, 0.15) is 0 Å². The van der Waals surface area contributed by atoms with E-state index in [2.05, 4.69) is 35.8 Å². The molecule has 3 aromatic rings. The number of nitrogens with one attached hydrogen (secondary N) is 2. The van der Waals surface area contributed by atoms with Gasteiger partial charge in [0.15, 0.2) is 0 Å². The third-order valence-corrected chi connectivity index (χ3v) is 6.55. The predicted molar refractivity (Wildman–Crippen MR) is 165 cm³/mol. The average molecular weight is 572 g/mol. The second-order valence-corrected chi connectivity index (χ2v) is 9.24. The maximum atomic E-state index is 12.5. The molecule has 3 heterocycles. The molecule has 0 bridgehead atoms. The predicted octanol–water partition coefficient (Wildman–Crippen LogP) is 3.31. The molecule has 11 heteroatoms. The fraction of sp³-hybridized carbons (Fsp3) is 0.323. The van der Waals surface area contributed by atoms with Gasteiger partial charge in [-0.1, -0.05) is 13.8 Å². The van der Waals surface area contributed by atoms with Crippen LogP contribution < -0.4 is 20.7 Å². The smallest absolute Gasteiger partial charge is 0.271 e. The van der Waals surface area contributed by atoms with E-state index in [0.29, 0.717) is 48.7 Å². The molecule has 2 fully saturated rings. The zero-order valence-electron chi connectivity index (χ0n) is 24.0. The van der Waals surface area contributed by atoms with Gasteiger partial charge in [0.05, 0.1) is 38.9 Å². The Morgan fingerprint density at radius 3 is 1.45 bits per heavy atom. The molecule has 11 nitrogen and oxygen atoms in total. The van der Waals surface area contributed by atoms with E-state index in [4.69, 9.17) is 9.47 Å². The van der Waals surface area contributed by atoms with E-state index in [1.807, 2.05) is 38.1 Å². The Balaban J connectivity index is 0.00000198. The minimum absolute atomic E-state index is 0.309. The summed E-state index contributed by atoms with van der Waals surface area (Å²) in [5, 5.41) is 8.09. The van der Waals surface area contributed by atoms with Gasteiger partial charge in [-0.15, -0.1) is 0 Å². The van der Waals surface area contributed by atoms with Crippen molar-refractivity contribution in [3.05, 3.63) is 89.2 Å². The maximum Gasteiger partial charge on any atom is 0.271 e. The molecule has 5 rings (SSSR count). The summed E-state index contributed by atoms with van der Waals surface area (Å²) in [4.78, 5) is 33.6. The molecule has 2 amide bonds. The summed E-state index contributed by atoms with van der Waals surface area (Å²) in [7, 11) is 0. The molecule has 0 aliphatic carbocycles. The molecule has 2 saturated heterocycles. The normalized spacial score (nSPS) is 15.3. The number of carbonyl (C=O) groups is 2. The lowest BCUT2D eigenvalue weighted by molar-refractivity contribution is 0.0947. The van der Waals surface area contributed by atoms with Crippen LogP contribution >= 0.6 is 0 Å². The lowest BCUT2D eigenvalue weighted by Gasteiger charge is -2.28. The van der Waals surface area contributed by atoms with E-state index in [-0.39, 0.29) is 11.8 Å². The van der Waals surface area contributed by atoms with Crippen LogP contribution in [0.1, 0.15) is 45.7 Å². The molecule has 1 aromatic heterocycles. The van der Waals surface area contributed by atoms with Gasteiger partial charge in [-0.2, -0.15) is 10.2 Å². The van der Waals surface area contributed by atoms with Crippen LogP contribution in [0.3, 0.4) is 0 Å². The highest BCUT2D eigenvalue weighted by atomic mass is 16.5. The molecule has 2 aliphatic heterocycles. The highest BCUT2D eigenvalue weighted by molar-refractivity contribution is 5.96. The Morgan fingerprint density at radius 1 is 0.690 bits per heavy atom. The summed E-state index contributed by atoms with van der Waals surface area (Å²) in [5.41, 5.74) is 9.55. The molecule has 42 heavy (non-hydrogen) atoms. The van der Waals surface area contributed by atoms with Crippen LogP contribution in [0.5, 0.6) is 0 Å². The summed E-state index contributed by atoms with van der Waals surface area (Å²) in [6.45, 7) is 10.2. The van der Waals surface area contributed by atoms with Gasteiger partial charge in [-0.05, 0) is 54.6 Å². The lowest BCUT2D eigenvalue weighted by Crippen LogP contribution is -2.36. The van der Waals surface area contributed by atoms with Crippen LogP contribution in [0, 0.1) is 0 Å². The number of hydrogen-bond acceptors (Lipinski definition) is 9. The fourth-order valence-corrected chi connectivity index (χ4v) is 4.37. The molecule has 0 atom stereocenters. The van der Waals surface area contributed by atoms with Crippen molar-refractivity contribution in [3.8, 4) is 0 Å². The largest absolute Gasteiger partial charge is 0.378 e. The Labute approximate surface area is 246 Å². The molecule has 0 unspecified atom stereocenters. The van der Waals surface area contributed by atoms with Gasteiger partial charge >= 0.3 is 0 Å². The zero-order chi connectivity index (χ0) is 29.6.